The summed E-state index contributed by atoms with van der Waals surface area (Å²) in [5.41, 5.74) is -0.701. The molecule has 1 atom stereocenters. The van der Waals surface area contributed by atoms with Crippen molar-refractivity contribution in [3.05, 3.63) is 71.8 Å². The van der Waals surface area contributed by atoms with Gasteiger partial charge < -0.3 is 4.74 Å². The summed E-state index contributed by atoms with van der Waals surface area (Å²) in [5.74, 6) is -1.36. The van der Waals surface area contributed by atoms with Crippen molar-refractivity contribution < 1.29 is 19.1 Å². The number of Topliss-reactive ketones (excluding diaryl/α,β-unsaturated/α-hetero) is 2. The molecule has 0 aliphatic carbocycles. The lowest BCUT2D eigenvalue weighted by molar-refractivity contribution is -0.151. The number of benzene rings is 2. The van der Waals surface area contributed by atoms with E-state index in [1.807, 2.05) is 0 Å². The van der Waals surface area contributed by atoms with E-state index in [-0.39, 0.29) is 18.8 Å². The van der Waals surface area contributed by atoms with Gasteiger partial charge in [-0.1, -0.05) is 60.7 Å². The zero-order chi connectivity index (χ0) is 17.6. The average molecular weight is 324 g/mol. The Kier molecular flexibility index (Phi) is 5.64. The first-order chi connectivity index (χ1) is 11.5. The van der Waals surface area contributed by atoms with E-state index < -0.39 is 17.2 Å². The molecule has 1 unspecified atom stereocenters. The summed E-state index contributed by atoms with van der Waals surface area (Å²) < 4.78 is 5.07. The zero-order valence-corrected chi connectivity index (χ0v) is 13.8. The third-order valence-electron chi connectivity index (χ3n) is 3.87. The number of carbonyl (C=O) groups excluding carboxylic acids is 3. The van der Waals surface area contributed by atoms with Crippen LogP contribution in [0.4, 0.5) is 0 Å². The minimum absolute atomic E-state index is 0.149. The summed E-state index contributed by atoms with van der Waals surface area (Å²) in [6.07, 6.45) is -0.233. The molecule has 24 heavy (non-hydrogen) atoms. The fourth-order valence-corrected chi connectivity index (χ4v) is 2.49. The molecule has 0 aliphatic rings. The van der Waals surface area contributed by atoms with Gasteiger partial charge in [0, 0.05) is 17.5 Å². The molecule has 0 saturated heterocycles. The van der Waals surface area contributed by atoms with Crippen LogP contribution in [0.15, 0.2) is 60.7 Å². The lowest BCUT2D eigenvalue weighted by Crippen LogP contribution is -2.40. The van der Waals surface area contributed by atoms with Crippen LogP contribution >= 0.6 is 0 Å². The van der Waals surface area contributed by atoms with Crippen molar-refractivity contribution in [1.82, 2.24) is 0 Å². The summed E-state index contributed by atoms with van der Waals surface area (Å²) in [4.78, 5) is 37.9. The van der Waals surface area contributed by atoms with Crippen molar-refractivity contribution in [2.75, 3.05) is 6.61 Å². The number of hydrogen-bond donors (Lipinski definition) is 0. The summed E-state index contributed by atoms with van der Waals surface area (Å²) in [6, 6.07) is 17.1. The Hall–Kier alpha value is -2.75. The molecule has 0 aliphatic heterocycles. The van der Waals surface area contributed by atoms with Crippen LogP contribution in [0.25, 0.3) is 0 Å². The second-order valence-electron chi connectivity index (χ2n) is 5.71. The van der Waals surface area contributed by atoms with Crippen molar-refractivity contribution >= 4 is 17.5 Å². The summed E-state index contributed by atoms with van der Waals surface area (Å²) >= 11 is 0. The maximum Gasteiger partial charge on any atom is 0.320 e. The van der Waals surface area contributed by atoms with Crippen molar-refractivity contribution in [2.24, 2.45) is 5.41 Å². The molecular weight excluding hydrogens is 304 g/mol. The van der Waals surface area contributed by atoms with Crippen LogP contribution in [0.2, 0.25) is 0 Å². The smallest absolute Gasteiger partial charge is 0.320 e. The largest absolute Gasteiger partial charge is 0.465 e. The van der Waals surface area contributed by atoms with Crippen molar-refractivity contribution in [1.29, 1.82) is 0 Å². The first kappa shape index (κ1) is 17.6. The Morgan fingerprint density at radius 1 is 0.875 bits per heavy atom. The van der Waals surface area contributed by atoms with E-state index >= 15 is 0 Å². The van der Waals surface area contributed by atoms with Crippen molar-refractivity contribution in [3.8, 4) is 0 Å². The molecule has 0 spiro atoms. The number of rotatable bonds is 7. The van der Waals surface area contributed by atoms with Crippen LogP contribution in [0, 0.1) is 5.41 Å². The zero-order valence-electron chi connectivity index (χ0n) is 13.8. The molecule has 0 amide bonds. The van der Waals surface area contributed by atoms with E-state index in [0.29, 0.717) is 11.1 Å². The third kappa shape index (κ3) is 3.77. The first-order valence-corrected chi connectivity index (χ1v) is 7.84. The van der Waals surface area contributed by atoms with E-state index in [2.05, 4.69) is 0 Å². The highest BCUT2D eigenvalue weighted by Gasteiger charge is 2.44. The second-order valence-corrected chi connectivity index (χ2v) is 5.71. The van der Waals surface area contributed by atoms with Gasteiger partial charge in [0.15, 0.2) is 11.6 Å². The quantitative estimate of drug-likeness (QED) is 0.442. The molecule has 0 radical (unpaired) electrons. The standard InChI is InChI=1S/C20H20O4/c1-3-24-19(23)20(2,18(22)16-12-8-5-9-13-16)14-17(21)15-10-6-4-7-11-15/h4-13H,3,14H2,1-2H3. The SMILES string of the molecule is CCOC(=O)C(C)(CC(=O)c1ccccc1)C(=O)c1ccccc1. The molecule has 0 fully saturated rings. The van der Waals surface area contributed by atoms with Crippen LogP contribution in [0.5, 0.6) is 0 Å². The minimum atomic E-state index is -1.55. The first-order valence-electron chi connectivity index (χ1n) is 7.84. The molecule has 4 nitrogen and oxygen atoms in total. The minimum Gasteiger partial charge on any atom is -0.465 e. The van der Waals surface area contributed by atoms with Crippen LogP contribution in [0.3, 0.4) is 0 Å². The van der Waals surface area contributed by atoms with E-state index in [0.717, 1.165) is 0 Å². The van der Waals surface area contributed by atoms with Gasteiger partial charge in [0.1, 0.15) is 5.41 Å². The number of hydrogen-bond acceptors (Lipinski definition) is 4. The topological polar surface area (TPSA) is 60.4 Å². The Morgan fingerprint density at radius 2 is 1.38 bits per heavy atom. The van der Waals surface area contributed by atoms with Gasteiger partial charge in [-0.05, 0) is 13.8 Å². The summed E-state index contributed by atoms with van der Waals surface area (Å²) in [7, 11) is 0. The normalized spacial score (nSPS) is 12.9. The van der Waals surface area contributed by atoms with Gasteiger partial charge in [0.05, 0.1) is 6.61 Å². The molecule has 0 saturated carbocycles. The van der Waals surface area contributed by atoms with Crippen LogP contribution in [-0.4, -0.2) is 24.1 Å². The van der Waals surface area contributed by atoms with E-state index in [1.54, 1.807) is 67.6 Å². The number of esters is 1. The summed E-state index contributed by atoms with van der Waals surface area (Å²) in [6.45, 7) is 3.29. The maximum atomic E-state index is 12.9. The fourth-order valence-electron chi connectivity index (χ4n) is 2.49. The van der Waals surface area contributed by atoms with Gasteiger partial charge in [0.2, 0.25) is 0 Å². The van der Waals surface area contributed by atoms with Crippen LogP contribution in [0.1, 0.15) is 41.0 Å². The van der Waals surface area contributed by atoms with Crippen molar-refractivity contribution in [2.45, 2.75) is 20.3 Å². The molecule has 0 heterocycles. The molecule has 0 N–H and O–H groups in total. The van der Waals surface area contributed by atoms with Crippen molar-refractivity contribution in [3.63, 3.8) is 0 Å². The lowest BCUT2D eigenvalue weighted by atomic mass is 9.77. The average Bonchev–Trinajstić information content (AvgIpc) is 2.62. The Morgan fingerprint density at radius 3 is 1.88 bits per heavy atom. The molecule has 2 aromatic carbocycles. The predicted octanol–water partition coefficient (Wildman–Crippen LogP) is 3.71. The highest BCUT2D eigenvalue weighted by atomic mass is 16.5. The van der Waals surface area contributed by atoms with E-state index in [4.69, 9.17) is 4.74 Å². The van der Waals surface area contributed by atoms with Gasteiger partial charge in [0.25, 0.3) is 0 Å². The maximum absolute atomic E-state index is 12.9. The van der Waals surface area contributed by atoms with Gasteiger partial charge in [-0.15, -0.1) is 0 Å². The highest BCUT2D eigenvalue weighted by molar-refractivity contribution is 6.15. The predicted molar refractivity (Wildman–Crippen MR) is 90.9 cm³/mol. The van der Waals surface area contributed by atoms with Gasteiger partial charge >= 0.3 is 5.97 Å². The van der Waals surface area contributed by atoms with Gasteiger partial charge in [-0.25, -0.2) is 0 Å². The Labute approximate surface area is 141 Å². The fraction of sp³-hybridized carbons (Fsp3) is 0.250. The number of carbonyl (C=O) groups is 3. The Bertz CT molecular complexity index is 722. The van der Waals surface area contributed by atoms with Crippen LogP contribution < -0.4 is 0 Å². The number of ether oxygens (including phenoxy) is 1. The second kappa shape index (κ2) is 7.68. The molecule has 2 rings (SSSR count). The Balaban J connectivity index is 2.35. The third-order valence-corrected chi connectivity index (χ3v) is 3.87. The molecule has 124 valence electrons. The van der Waals surface area contributed by atoms with Crippen LogP contribution in [-0.2, 0) is 9.53 Å². The molecule has 0 aromatic heterocycles. The van der Waals surface area contributed by atoms with E-state index in [1.165, 1.54) is 6.92 Å². The number of ketones is 2. The monoisotopic (exact) mass is 324 g/mol. The summed E-state index contributed by atoms with van der Waals surface area (Å²) in [5, 5.41) is 0. The van der Waals surface area contributed by atoms with Gasteiger partial charge in [-0.2, -0.15) is 0 Å². The lowest BCUT2D eigenvalue weighted by Gasteiger charge is -2.25. The molecule has 0 bridgehead atoms. The molecule has 4 heteroatoms. The highest BCUT2D eigenvalue weighted by Crippen LogP contribution is 2.30. The van der Waals surface area contributed by atoms with E-state index in [9.17, 15) is 14.4 Å². The molecule has 2 aromatic rings. The molecular formula is C20H20O4. The van der Waals surface area contributed by atoms with Gasteiger partial charge in [-0.3, -0.25) is 14.4 Å².